The van der Waals surface area contributed by atoms with Crippen molar-refractivity contribution in [3.8, 4) is 0 Å². The highest BCUT2D eigenvalue weighted by molar-refractivity contribution is 6.27. The summed E-state index contributed by atoms with van der Waals surface area (Å²) in [6.07, 6.45) is 4.10. The summed E-state index contributed by atoms with van der Waals surface area (Å²) in [4.78, 5) is 9.31. The number of hydrogen-bond acceptors (Lipinski definition) is 2. The molecule has 0 amide bonds. The molecule has 0 fully saturated rings. The van der Waals surface area contributed by atoms with Crippen molar-refractivity contribution < 1.29 is 4.92 Å². The normalized spacial score (nSPS) is 11.6. The van der Waals surface area contributed by atoms with E-state index in [4.69, 9.17) is 11.6 Å². The lowest BCUT2D eigenvalue weighted by atomic mass is 10.2. The van der Waals surface area contributed by atoms with Crippen molar-refractivity contribution >= 4 is 11.6 Å². The molecule has 0 aliphatic carbocycles. The van der Waals surface area contributed by atoms with Crippen molar-refractivity contribution in [1.29, 1.82) is 0 Å². The van der Waals surface area contributed by atoms with E-state index in [9.17, 15) is 10.1 Å². The van der Waals surface area contributed by atoms with Gasteiger partial charge in [0.05, 0.1) is 4.92 Å². The fourth-order valence-electron chi connectivity index (χ4n) is 0.500. The SMILES string of the molecule is CCCCC=C(Cl)[N+](=O)[O-]. The third kappa shape index (κ3) is 4.32. The Morgan fingerprint density at radius 1 is 1.80 bits per heavy atom. The first-order chi connectivity index (χ1) is 4.68. The minimum atomic E-state index is -0.586. The Morgan fingerprint density at radius 3 is 2.80 bits per heavy atom. The van der Waals surface area contributed by atoms with Crippen molar-refractivity contribution in [1.82, 2.24) is 0 Å². The van der Waals surface area contributed by atoms with Gasteiger partial charge in [0.15, 0.2) is 0 Å². The summed E-state index contributed by atoms with van der Waals surface area (Å²) >= 11 is 5.21. The van der Waals surface area contributed by atoms with E-state index in [0.717, 1.165) is 12.8 Å². The molecule has 0 saturated heterocycles. The van der Waals surface area contributed by atoms with Crippen molar-refractivity contribution in [2.24, 2.45) is 0 Å². The van der Waals surface area contributed by atoms with Crippen LogP contribution in [0, 0.1) is 10.1 Å². The molecule has 0 rings (SSSR count). The van der Waals surface area contributed by atoms with Crippen LogP contribution in [0.15, 0.2) is 11.2 Å². The van der Waals surface area contributed by atoms with Crippen molar-refractivity contribution in [3.63, 3.8) is 0 Å². The fraction of sp³-hybridized carbons (Fsp3) is 0.667. The number of unbranched alkanes of at least 4 members (excludes halogenated alkanes) is 2. The lowest BCUT2D eigenvalue weighted by Gasteiger charge is -1.87. The molecular formula is C6H10ClNO2. The van der Waals surface area contributed by atoms with Crippen molar-refractivity contribution in [2.45, 2.75) is 26.2 Å². The highest BCUT2D eigenvalue weighted by Gasteiger charge is 2.02. The van der Waals surface area contributed by atoms with Crippen LogP contribution in [0.3, 0.4) is 0 Å². The van der Waals surface area contributed by atoms with Crippen LogP contribution >= 0.6 is 11.6 Å². The average Bonchev–Trinajstić information content (AvgIpc) is 1.88. The van der Waals surface area contributed by atoms with E-state index in [1.54, 1.807) is 0 Å². The number of allylic oxidation sites excluding steroid dienone is 1. The summed E-state index contributed by atoms with van der Waals surface area (Å²) in [5.41, 5.74) is 0. The quantitative estimate of drug-likeness (QED) is 0.277. The van der Waals surface area contributed by atoms with Gasteiger partial charge in [-0.3, -0.25) is 10.1 Å². The largest absolute Gasteiger partial charge is 0.333 e. The maximum Gasteiger partial charge on any atom is 0.333 e. The molecule has 0 aliphatic heterocycles. The predicted molar refractivity (Wildman–Crippen MR) is 40.5 cm³/mol. The standard InChI is InChI=1S/C6H10ClNO2/c1-2-3-4-5-6(7)8(9)10/h5H,2-4H2,1H3. The van der Waals surface area contributed by atoms with Gasteiger partial charge in [-0.15, -0.1) is 0 Å². The van der Waals surface area contributed by atoms with Crippen LogP contribution in [0.25, 0.3) is 0 Å². The predicted octanol–water partition coefficient (Wildman–Crippen LogP) is 2.53. The van der Waals surface area contributed by atoms with E-state index in [-0.39, 0.29) is 5.16 Å². The molecule has 3 nitrogen and oxygen atoms in total. The van der Waals surface area contributed by atoms with E-state index < -0.39 is 4.92 Å². The Hall–Kier alpha value is -0.570. The van der Waals surface area contributed by atoms with E-state index >= 15 is 0 Å². The number of nitrogens with zero attached hydrogens (tertiary/aromatic N) is 1. The highest BCUT2D eigenvalue weighted by Crippen LogP contribution is 2.05. The molecule has 0 radical (unpaired) electrons. The molecule has 0 spiro atoms. The molecule has 58 valence electrons. The van der Waals surface area contributed by atoms with Gasteiger partial charge in [-0.2, -0.15) is 0 Å². The van der Waals surface area contributed by atoms with Crippen molar-refractivity contribution in [3.05, 3.63) is 21.3 Å². The summed E-state index contributed by atoms with van der Waals surface area (Å²) in [7, 11) is 0. The molecule has 0 aliphatic rings. The highest BCUT2D eigenvalue weighted by atomic mass is 35.5. The second-order valence-corrected chi connectivity index (χ2v) is 2.31. The van der Waals surface area contributed by atoms with E-state index in [2.05, 4.69) is 0 Å². The zero-order valence-corrected chi connectivity index (χ0v) is 6.60. The van der Waals surface area contributed by atoms with Gasteiger partial charge >= 0.3 is 5.16 Å². The van der Waals surface area contributed by atoms with Crippen LogP contribution in [-0.2, 0) is 0 Å². The fourth-order valence-corrected chi connectivity index (χ4v) is 0.609. The molecule has 10 heavy (non-hydrogen) atoms. The maximum atomic E-state index is 9.90. The van der Waals surface area contributed by atoms with Crippen LogP contribution in [0.1, 0.15) is 26.2 Å². The van der Waals surface area contributed by atoms with Crippen LogP contribution < -0.4 is 0 Å². The molecule has 0 aromatic carbocycles. The van der Waals surface area contributed by atoms with Crippen LogP contribution in [0.5, 0.6) is 0 Å². The van der Waals surface area contributed by atoms with Gasteiger partial charge < -0.3 is 0 Å². The summed E-state index contributed by atoms with van der Waals surface area (Å²) < 4.78 is 0. The van der Waals surface area contributed by atoms with Crippen LogP contribution in [0.4, 0.5) is 0 Å². The van der Waals surface area contributed by atoms with Gasteiger partial charge in [-0.05, 0) is 24.4 Å². The smallest absolute Gasteiger partial charge is 0.257 e. The molecule has 0 aromatic heterocycles. The lowest BCUT2D eigenvalue weighted by Crippen LogP contribution is -1.90. The second-order valence-electron chi connectivity index (χ2n) is 1.93. The van der Waals surface area contributed by atoms with Gasteiger partial charge in [0.1, 0.15) is 0 Å². The molecule has 0 N–H and O–H groups in total. The molecule has 0 bridgehead atoms. The summed E-state index contributed by atoms with van der Waals surface area (Å²) in [5, 5.41) is 9.63. The average molecular weight is 164 g/mol. The minimum absolute atomic E-state index is 0.270. The van der Waals surface area contributed by atoms with E-state index in [0.29, 0.717) is 6.42 Å². The van der Waals surface area contributed by atoms with Crippen LogP contribution in [0.2, 0.25) is 0 Å². The van der Waals surface area contributed by atoms with Gasteiger partial charge in [-0.25, -0.2) is 0 Å². The zero-order chi connectivity index (χ0) is 7.98. The minimum Gasteiger partial charge on any atom is -0.257 e. The van der Waals surface area contributed by atoms with Gasteiger partial charge in [0, 0.05) is 6.08 Å². The first-order valence-corrected chi connectivity index (χ1v) is 3.56. The van der Waals surface area contributed by atoms with E-state index in [1.807, 2.05) is 6.92 Å². The number of halogens is 1. The Balaban J connectivity index is 3.58. The molecule has 0 atom stereocenters. The second kappa shape index (κ2) is 5.23. The van der Waals surface area contributed by atoms with Gasteiger partial charge in [0.25, 0.3) is 0 Å². The summed E-state index contributed by atoms with van der Waals surface area (Å²) in [5.74, 6) is 0. The molecule has 0 unspecified atom stereocenters. The third-order valence-corrected chi connectivity index (χ3v) is 1.34. The van der Waals surface area contributed by atoms with Crippen molar-refractivity contribution in [2.75, 3.05) is 0 Å². The molecular weight excluding hydrogens is 154 g/mol. The lowest BCUT2D eigenvalue weighted by molar-refractivity contribution is -0.412. The van der Waals surface area contributed by atoms with E-state index in [1.165, 1.54) is 6.08 Å². The molecule has 0 aromatic rings. The third-order valence-electron chi connectivity index (χ3n) is 1.04. The van der Waals surface area contributed by atoms with Gasteiger partial charge in [-0.1, -0.05) is 13.3 Å². The first-order valence-electron chi connectivity index (χ1n) is 3.18. The summed E-state index contributed by atoms with van der Waals surface area (Å²) in [6.45, 7) is 2.02. The number of hydrogen-bond donors (Lipinski definition) is 0. The molecule has 4 heteroatoms. The Labute approximate surface area is 64.8 Å². The van der Waals surface area contributed by atoms with Gasteiger partial charge in [0.2, 0.25) is 0 Å². The zero-order valence-electron chi connectivity index (χ0n) is 5.84. The van der Waals surface area contributed by atoms with Crippen LogP contribution in [-0.4, -0.2) is 4.92 Å². The Bertz CT molecular complexity index is 145. The Kier molecular flexibility index (Phi) is 4.94. The first kappa shape index (κ1) is 9.43. The molecule has 0 heterocycles. The Morgan fingerprint density at radius 2 is 2.40 bits per heavy atom. The number of rotatable bonds is 4. The topological polar surface area (TPSA) is 43.1 Å². The maximum absolute atomic E-state index is 9.90. The monoisotopic (exact) mass is 163 g/mol. The molecule has 0 saturated carbocycles. The number of nitro groups is 1. The summed E-state index contributed by atoms with van der Waals surface area (Å²) in [6, 6.07) is 0.